The zero-order chi connectivity index (χ0) is 29.8. The molecule has 0 bridgehead atoms. The van der Waals surface area contributed by atoms with Gasteiger partial charge in [0.2, 0.25) is 0 Å². The second kappa shape index (κ2) is 10.2. The summed E-state index contributed by atoms with van der Waals surface area (Å²) in [5.74, 6) is -4.79. The summed E-state index contributed by atoms with van der Waals surface area (Å²) in [4.78, 5) is 0. The Morgan fingerprint density at radius 2 is 0.860 bits per heavy atom. The first-order chi connectivity index (χ1) is 20.7. The molecule has 0 spiro atoms. The molecule has 1 aromatic heterocycles. The summed E-state index contributed by atoms with van der Waals surface area (Å²) in [5.41, 5.74) is 4.99. The molecule has 0 saturated heterocycles. The second-order valence-electron chi connectivity index (χ2n) is 10.3. The summed E-state index contributed by atoms with van der Waals surface area (Å²) in [6, 6.07) is 28.3. The molecule has 0 aliphatic rings. The van der Waals surface area contributed by atoms with Gasteiger partial charge in [-0.2, -0.15) is 0 Å². The Bertz CT molecular complexity index is 2070. The highest BCUT2D eigenvalue weighted by atomic mass is 19.2. The molecule has 7 rings (SSSR count). The molecule has 7 aromatic rings. The van der Waals surface area contributed by atoms with Crippen LogP contribution in [0.4, 0.5) is 26.3 Å². The summed E-state index contributed by atoms with van der Waals surface area (Å²) in [6.07, 6.45) is 0. The Balaban J connectivity index is 1.53. The van der Waals surface area contributed by atoms with E-state index >= 15 is 0 Å². The Kier molecular flexibility index (Phi) is 6.31. The van der Waals surface area contributed by atoms with Crippen LogP contribution in [0.5, 0.6) is 0 Å². The molecule has 0 saturated carbocycles. The van der Waals surface area contributed by atoms with Gasteiger partial charge in [0.1, 0.15) is 23.3 Å². The molecule has 0 fully saturated rings. The van der Waals surface area contributed by atoms with Gasteiger partial charge in [-0.05, 0) is 94.5 Å². The SMILES string of the molecule is Fc1cc(F)cc(-c2ccc3c(c2)c2cc(-c4cc(F)cc(F)c4)ccc2n3-c2ccccc2-c2ccc(F)c(F)c2)c1. The minimum Gasteiger partial charge on any atom is -0.309 e. The third kappa shape index (κ3) is 4.73. The molecule has 0 aliphatic carbocycles. The summed E-state index contributed by atoms with van der Waals surface area (Å²) in [5, 5.41) is 1.41. The van der Waals surface area contributed by atoms with Crippen LogP contribution in [0.3, 0.4) is 0 Å². The molecule has 0 radical (unpaired) electrons. The molecule has 7 heteroatoms. The van der Waals surface area contributed by atoms with E-state index in [0.29, 0.717) is 60.9 Å². The lowest BCUT2D eigenvalue weighted by Gasteiger charge is -2.14. The number of nitrogens with zero attached hydrogens (tertiary/aromatic N) is 1. The van der Waals surface area contributed by atoms with Crippen molar-refractivity contribution in [3.63, 3.8) is 0 Å². The average molecular weight is 580 g/mol. The van der Waals surface area contributed by atoms with Crippen molar-refractivity contribution in [1.29, 1.82) is 0 Å². The van der Waals surface area contributed by atoms with Crippen molar-refractivity contribution in [3.05, 3.63) is 150 Å². The summed E-state index contributed by atoms with van der Waals surface area (Å²) < 4.78 is 86.5. The van der Waals surface area contributed by atoms with Crippen LogP contribution in [0.15, 0.2) is 115 Å². The van der Waals surface area contributed by atoms with Crippen LogP contribution in [0.25, 0.3) is 60.9 Å². The van der Waals surface area contributed by atoms with Crippen LogP contribution >= 0.6 is 0 Å². The van der Waals surface area contributed by atoms with Crippen LogP contribution < -0.4 is 0 Å². The number of rotatable bonds is 4. The van der Waals surface area contributed by atoms with E-state index in [4.69, 9.17) is 0 Å². The highest BCUT2D eigenvalue weighted by Crippen LogP contribution is 2.40. The summed E-state index contributed by atoms with van der Waals surface area (Å²) >= 11 is 0. The Labute approximate surface area is 241 Å². The van der Waals surface area contributed by atoms with E-state index in [-0.39, 0.29) is 0 Å². The molecule has 0 atom stereocenters. The van der Waals surface area contributed by atoms with Gasteiger partial charge in [-0.3, -0.25) is 0 Å². The van der Waals surface area contributed by atoms with E-state index in [1.165, 1.54) is 30.3 Å². The lowest BCUT2D eigenvalue weighted by atomic mass is 10.00. The van der Waals surface area contributed by atoms with Crippen molar-refractivity contribution in [2.24, 2.45) is 0 Å². The van der Waals surface area contributed by atoms with Gasteiger partial charge in [-0.1, -0.05) is 36.4 Å². The van der Waals surface area contributed by atoms with E-state index in [0.717, 1.165) is 24.3 Å². The standard InChI is InChI=1S/C36H19F6N/c37-25-11-23(12-26(38)18-25)20-6-9-35-30(15-20)31-16-21(24-13-27(39)19-28(40)14-24)7-10-36(31)43(35)34-4-2-1-3-29(34)22-5-8-32(41)33(42)17-22/h1-19H. The zero-order valence-electron chi connectivity index (χ0n) is 22.2. The third-order valence-corrected chi connectivity index (χ3v) is 7.53. The van der Waals surface area contributed by atoms with Crippen molar-refractivity contribution in [3.8, 4) is 39.1 Å². The third-order valence-electron chi connectivity index (χ3n) is 7.53. The summed E-state index contributed by atoms with van der Waals surface area (Å²) in [7, 11) is 0. The fourth-order valence-corrected chi connectivity index (χ4v) is 5.66. The van der Waals surface area contributed by atoms with Gasteiger partial charge in [0, 0.05) is 28.5 Å². The van der Waals surface area contributed by atoms with E-state index in [9.17, 15) is 26.3 Å². The van der Waals surface area contributed by atoms with Crippen molar-refractivity contribution >= 4 is 21.8 Å². The van der Waals surface area contributed by atoms with Crippen molar-refractivity contribution < 1.29 is 26.3 Å². The van der Waals surface area contributed by atoms with E-state index < -0.39 is 34.9 Å². The molecule has 210 valence electrons. The first-order valence-corrected chi connectivity index (χ1v) is 13.3. The quantitative estimate of drug-likeness (QED) is 0.183. The topological polar surface area (TPSA) is 4.93 Å². The average Bonchev–Trinajstić information content (AvgIpc) is 3.30. The Morgan fingerprint density at radius 3 is 1.37 bits per heavy atom. The Morgan fingerprint density at radius 1 is 0.372 bits per heavy atom. The van der Waals surface area contributed by atoms with E-state index in [1.807, 2.05) is 28.8 Å². The largest absolute Gasteiger partial charge is 0.309 e. The highest BCUT2D eigenvalue weighted by Gasteiger charge is 2.18. The molecule has 0 amide bonds. The van der Waals surface area contributed by atoms with Gasteiger partial charge >= 0.3 is 0 Å². The van der Waals surface area contributed by atoms with Crippen LogP contribution in [0.2, 0.25) is 0 Å². The number of hydrogen-bond acceptors (Lipinski definition) is 0. The lowest BCUT2D eigenvalue weighted by Crippen LogP contribution is -1.98. The predicted molar refractivity (Wildman–Crippen MR) is 157 cm³/mol. The van der Waals surface area contributed by atoms with Gasteiger partial charge in [0.25, 0.3) is 0 Å². The minimum atomic E-state index is -0.978. The van der Waals surface area contributed by atoms with Gasteiger partial charge in [-0.25, -0.2) is 26.3 Å². The molecular formula is C36H19F6N. The summed E-state index contributed by atoms with van der Waals surface area (Å²) in [6.45, 7) is 0. The van der Waals surface area contributed by atoms with Gasteiger partial charge < -0.3 is 4.57 Å². The van der Waals surface area contributed by atoms with Crippen LogP contribution in [0.1, 0.15) is 0 Å². The van der Waals surface area contributed by atoms with Gasteiger partial charge in [0.05, 0.1) is 16.7 Å². The van der Waals surface area contributed by atoms with E-state index in [1.54, 1.807) is 36.4 Å². The van der Waals surface area contributed by atoms with E-state index in [2.05, 4.69) is 0 Å². The molecule has 1 heterocycles. The smallest absolute Gasteiger partial charge is 0.159 e. The zero-order valence-corrected chi connectivity index (χ0v) is 22.2. The molecule has 1 nitrogen and oxygen atoms in total. The highest BCUT2D eigenvalue weighted by molar-refractivity contribution is 6.12. The van der Waals surface area contributed by atoms with Gasteiger partial charge in [-0.15, -0.1) is 0 Å². The van der Waals surface area contributed by atoms with Crippen LogP contribution in [-0.4, -0.2) is 4.57 Å². The second-order valence-corrected chi connectivity index (χ2v) is 10.3. The number of fused-ring (bicyclic) bond motifs is 3. The molecular weight excluding hydrogens is 560 g/mol. The number of hydrogen-bond donors (Lipinski definition) is 0. The monoisotopic (exact) mass is 579 g/mol. The van der Waals surface area contributed by atoms with Crippen LogP contribution in [0, 0.1) is 34.9 Å². The number of aromatic nitrogens is 1. The fourth-order valence-electron chi connectivity index (χ4n) is 5.66. The van der Waals surface area contributed by atoms with Crippen molar-refractivity contribution in [2.45, 2.75) is 0 Å². The maximum absolute atomic E-state index is 14.3. The number of benzene rings is 6. The first-order valence-electron chi connectivity index (χ1n) is 13.3. The molecule has 43 heavy (non-hydrogen) atoms. The fraction of sp³-hybridized carbons (Fsp3) is 0. The predicted octanol–water partition coefficient (Wildman–Crippen LogP) is 10.6. The molecule has 0 N–H and O–H groups in total. The Hall–Kier alpha value is -5.30. The molecule has 0 unspecified atom stereocenters. The number of para-hydroxylation sites is 1. The molecule has 6 aromatic carbocycles. The maximum Gasteiger partial charge on any atom is 0.159 e. The van der Waals surface area contributed by atoms with Gasteiger partial charge in [0.15, 0.2) is 11.6 Å². The number of halogens is 6. The first kappa shape index (κ1) is 26.6. The maximum atomic E-state index is 14.3. The normalized spacial score (nSPS) is 11.5. The van der Waals surface area contributed by atoms with Crippen molar-refractivity contribution in [1.82, 2.24) is 4.57 Å². The molecule has 0 aliphatic heterocycles. The minimum absolute atomic E-state index is 0.339. The lowest BCUT2D eigenvalue weighted by molar-refractivity contribution is 0.509. The van der Waals surface area contributed by atoms with Crippen molar-refractivity contribution in [2.75, 3.05) is 0 Å². The van der Waals surface area contributed by atoms with Crippen LogP contribution in [-0.2, 0) is 0 Å².